The van der Waals surface area contributed by atoms with Crippen LogP contribution in [-0.4, -0.2) is 29.8 Å². The molecule has 0 saturated heterocycles. The molecule has 2 amide bonds. The van der Waals surface area contributed by atoms with Crippen LogP contribution in [0.3, 0.4) is 0 Å². The number of amides is 2. The van der Waals surface area contributed by atoms with Crippen LogP contribution in [0.2, 0.25) is 5.02 Å². The van der Waals surface area contributed by atoms with Crippen molar-refractivity contribution in [2.45, 2.75) is 26.3 Å². The zero-order valence-electron chi connectivity index (χ0n) is 14.5. The highest BCUT2D eigenvalue weighted by molar-refractivity contribution is 6.30. The van der Waals surface area contributed by atoms with Gasteiger partial charge in [-0.1, -0.05) is 54.1 Å². The smallest absolute Gasteiger partial charge is 0.239 e. The first-order chi connectivity index (χ1) is 12.0. The number of nitrogens with zero attached hydrogens (tertiary/aromatic N) is 1. The van der Waals surface area contributed by atoms with E-state index in [1.54, 1.807) is 4.90 Å². The zero-order valence-corrected chi connectivity index (χ0v) is 15.3. The maximum atomic E-state index is 12.2. The monoisotopic (exact) mass is 358 g/mol. The summed E-state index contributed by atoms with van der Waals surface area (Å²) in [5, 5.41) is 3.57. The van der Waals surface area contributed by atoms with E-state index in [-0.39, 0.29) is 24.4 Å². The molecule has 0 radical (unpaired) electrons. The molecule has 0 aliphatic heterocycles. The number of nitrogens with one attached hydrogen (secondary N) is 1. The Morgan fingerprint density at radius 2 is 1.72 bits per heavy atom. The SMILES string of the molecule is CC(=O)N(CC(=O)NCCc1ccc(Cl)cc1)C(C)c1ccccc1. The Labute approximate surface area is 153 Å². The van der Waals surface area contributed by atoms with E-state index in [4.69, 9.17) is 11.6 Å². The highest BCUT2D eigenvalue weighted by Crippen LogP contribution is 2.19. The highest BCUT2D eigenvalue weighted by Gasteiger charge is 2.20. The molecule has 0 heterocycles. The lowest BCUT2D eigenvalue weighted by Crippen LogP contribution is -2.41. The summed E-state index contributed by atoms with van der Waals surface area (Å²) >= 11 is 5.86. The summed E-state index contributed by atoms with van der Waals surface area (Å²) in [6.07, 6.45) is 0.719. The van der Waals surface area contributed by atoms with Gasteiger partial charge in [-0.05, 0) is 36.6 Å². The fourth-order valence-electron chi connectivity index (χ4n) is 2.64. The molecule has 5 heteroatoms. The van der Waals surface area contributed by atoms with Crippen molar-refractivity contribution in [3.05, 3.63) is 70.7 Å². The summed E-state index contributed by atoms with van der Waals surface area (Å²) in [4.78, 5) is 25.7. The normalized spacial score (nSPS) is 11.6. The minimum atomic E-state index is -0.160. The molecule has 4 nitrogen and oxygen atoms in total. The average Bonchev–Trinajstić information content (AvgIpc) is 2.61. The van der Waals surface area contributed by atoms with Gasteiger partial charge in [-0.15, -0.1) is 0 Å². The van der Waals surface area contributed by atoms with Gasteiger partial charge in [-0.25, -0.2) is 0 Å². The summed E-state index contributed by atoms with van der Waals surface area (Å²) in [5.41, 5.74) is 2.11. The second-order valence-corrected chi connectivity index (χ2v) is 6.40. The van der Waals surface area contributed by atoms with Crippen LogP contribution in [0.1, 0.15) is 31.0 Å². The van der Waals surface area contributed by atoms with Crippen LogP contribution in [0.4, 0.5) is 0 Å². The third-order valence-corrected chi connectivity index (χ3v) is 4.37. The first kappa shape index (κ1) is 19.0. The first-order valence-electron chi connectivity index (χ1n) is 8.30. The van der Waals surface area contributed by atoms with Crippen LogP contribution in [-0.2, 0) is 16.0 Å². The molecule has 132 valence electrons. The largest absolute Gasteiger partial charge is 0.354 e. The number of rotatable bonds is 7. The molecule has 1 atom stereocenters. The second kappa shape index (κ2) is 9.23. The van der Waals surface area contributed by atoms with E-state index >= 15 is 0 Å². The number of carbonyl (C=O) groups is 2. The van der Waals surface area contributed by atoms with E-state index in [1.165, 1.54) is 6.92 Å². The molecule has 1 unspecified atom stereocenters. The third-order valence-electron chi connectivity index (χ3n) is 4.12. The van der Waals surface area contributed by atoms with Crippen molar-refractivity contribution < 1.29 is 9.59 Å². The topological polar surface area (TPSA) is 49.4 Å². The molecule has 2 aromatic carbocycles. The molecule has 0 aliphatic carbocycles. The second-order valence-electron chi connectivity index (χ2n) is 5.96. The van der Waals surface area contributed by atoms with Crippen molar-refractivity contribution in [3.63, 3.8) is 0 Å². The maximum absolute atomic E-state index is 12.2. The van der Waals surface area contributed by atoms with Gasteiger partial charge in [0.05, 0.1) is 6.04 Å². The van der Waals surface area contributed by atoms with Gasteiger partial charge in [0.2, 0.25) is 11.8 Å². The standard InChI is InChI=1S/C20H23ClN2O2/c1-15(18-6-4-3-5-7-18)23(16(2)24)14-20(25)22-13-12-17-8-10-19(21)11-9-17/h3-11,15H,12-14H2,1-2H3,(H,22,25). The van der Waals surface area contributed by atoms with Gasteiger partial charge in [-0.3, -0.25) is 9.59 Å². The third kappa shape index (κ3) is 5.91. The van der Waals surface area contributed by atoms with E-state index in [0.29, 0.717) is 11.6 Å². The number of hydrogen-bond acceptors (Lipinski definition) is 2. The van der Waals surface area contributed by atoms with Crippen molar-refractivity contribution in [2.75, 3.05) is 13.1 Å². The molecule has 1 N–H and O–H groups in total. The lowest BCUT2D eigenvalue weighted by atomic mass is 10.1. The molecule has 2 aromatic rings. The number of hydrogen-bond donors (Lipinski definition) is 1. The predicted molar refractivity (Wildman–Crippen MR) is 100 cm³/mol. The molecule has 2 rings (SSSR count). The van der Waals surface area contributed by atoms with E-state index in [1.807, 2.05) is 61.5 Å². The minimum Gasteiger partial charge on any atom is -0.354 e. The Morgan fingerprint density at radius 3 is 2.32 bits per heavy atom. The summed E-state index contributed by atoms with van der Waals surface area (Å²) in [7, 11) is 0. The fraction of sp³-hybridized carbons (Fsp3) is 0.300. The lowest BCUT2D eigenvalue weighted by molar-refractivity contribution is -0.136. The minimum absolute atomic E-state index is 0.0476. The molecular weight excluding hydrogens is 336 g/mol. The fourth-order valence-corrected chi connectivity index (χ4v) is 2.77. The molecule has 0 spiro atoms. The van der Waals surface area contributed by atoms with E-state index in [0.717, 1.165) is 17.5 Å². The molecule has 25 heavy (non-hydrogen) atoms. The predicted octanol–water partition coefficient (Wildman–Crippen LogP) is 3.61. The Bertz CT molecular complexity index is 701. The van der Waals surface area contributed by atoms with E-state index in [9.17, 15) is 9.59 Å². The van der Waals surface area contributed by atoms with Gasteiger partial charge in [0.25, 0.3) is 0 Å². The average molecular weight is 359 g/mol. The number of halogens is 1. The van der Waals surface area contributed by atoms with E-state index < -0.39 is 0 Å². The Balaban J connectivity index is 1.87. The van der Waals surface area contributed by atoms with Crippen LogP contribution in [0, 0.1) is 0 Å². The van der Waals surface area contributed by atoms with Gasteiger partial charge >= 0.3 is 0 Å². The van der Waals surface area contributed by atoms with Crippen molar-refractivity contribution in [3.8, 4) is 0 Å². The van der Waals surface area contributed by atoms with Crippen LogP contribution in [0.15, 0.2) is 54.6 Å². The van der Waals surface area contributed by atoms with Gasteiger partial charge in [-0.2, -0.15) is 0 Å². The van der Waals surface area contributed by atoms with Gasteiger partial charge < -0.3 is 10.2 Å². The number of carbonyl (C=O) groups excluding carboxylic acids is 2. The first-order valence-corrected chi connectivity index (χ1v) is 8.68. The zero-order chi connectivity index (χ0) is 18.2. The molecule has 0 aromatic heterocycles. The van der Waals surface area contributed by atoms with Crippen molar-refractivity contribution in [1.82, 2.24) is 10.2 Å². The molecular formula is C20H23ClN2O2. The summed E-state index contributed by atoms with van der Waals surface area (Å²) in [6.45, 7) is 3.98. The molecule has 0 saturated carbocycles. The van der Waals surface area contributed by atoms with Gasteiger partial charge in [0.15, 0.2) is 0 Å². The summed E-state index contributed by atoms with van der Waals surface area (Å²) in [5.74, 6) is -0.281. The van der Waals surface area contributed by atoms with Crippen LogP contribution >= 0.6 is 11.6 Å². The Morgan fingerprint density at radius 1 is 1.08 bits per heavy atom. The van der Waals surface area contributed by atoms with Crippen molar-refractivity contribution >= 4 is 23.4 Å². The quantitative estimate of drug-likeness (QED) is 0.822. The maximum Gasteiger partial charge on any atom is 0.239 e. The van der Waals surface area contributed by atoms with Crippen LogP contribution in [0.25, 0.3) is 0 Å². The van der Waals surface area contributed by atoms with Crippen LogP contribution < -0.4 is 5.32 Å². The Hall–Kier alpha value is -2.33. The van der Waals surface area contributed by atoms with Gasteiger partial charge in [0, 0.05) is 18.5 Å². The molecule has 0 aliphatic rings. The van der Waals surface area contributed by atoms with Gasteiger partial charge in [0.1, 0.15) is 6.54 Å². The van der Waals surface area contributed by atoms with Crippen molar-refractivity contribution in [1.29, 1.82) is 0 Å². The summed E-state index contributed by atoms with van der Waals surface area (Å²) < 4.78 is 0. The molecule has 0 bridgehead atoms. The van der Waals surface area contributed by atoms with Crippen LogP contribution in [0.5, 0.6) is 0 Å². The summed E-state index contributed by atoms with van der Waals surface area (Å²) in [6, 6.07) is 17.1. The molecule has 0 fully saturated rings. The lowest BCUT2D eigenvalue weighted by Gasteiger charge is -2.28. The van der Waals surface area contributed by atoms with E-state index in [2.05, 4.69) is 5.32 Å². The Kier molecular flexibility index (Phi) is 7.02. The van der Waals surface area contributed by atoms with Crippen molar-refractivity contribution in [2.24, 2.45) is 0 Å². The highest BCUT2D eigenvalue weighted by atomic mass is 35.5. The number of benzene rings is 2.